The smallest absolute Gasteiger partial charge is 0.352 e. The molecule has 136 valence electrons. The number of aromatic nitrogens is 1. The average Bonchev–Trinajstić information content (AvgIpc) is 3.22. The van der Waals surface area contributed by atoms with Crippen LogP contribution in [-0.4, -0.2) is 17.1 Å². The number of azide groups is 1. The van der Waals surface area contributed by atoms with Gasteiger partial charge in [0.25, 0.3) is 0 Å². The molecule has 0 spiro atoms. The molecule has 1 unspecified atom stereocenters. The normalized spacial score (nSPS) is 11.3. The van der Waals surface area contributed by atoms with Gasteiger partial charge in [0.2, 0.25) is 6.10 Å². The molecule has 1 atom stereocenters. The highest BCUT2D eigenvalue weighted by Crippen LogP contribution is 2.30. The first-order valence-corrected chi connectivity index (χ1v) is 8.43. The summed E-state index contributed by atoms with van der Waals surface area (Å²) in [5, 5.41) is 3.54. The van der Waals surface area contributed by atoms with Crippen molar-refractivity contribution in [1.82, 2.24) is 4.57 Å². The molecule has 0 fully saturated rings. The summed E-state index contributed by atoms with van der Waals surface area (Å²) in [5.74, 6) is 0.0576. The minimum Gasteiger partial charge on any atom is -0.472 e. The lowest BCUT2D eigenvalue weighted by atomic mass is 10.1. The first kappa shape index (κ1) is 18.1. The van der Waals surface area contributed by atoms with Crippen molar-refractivity contribution >= 4 is 11.7 Å². The molecule has 3 aromatic rings. The zero-order valence-corrected chi connectivity index (χ0v) is 14.7. The monoisotopic (exact) mass is 362 g/mol. The number of ether oxygens (including phenoxy) is 2. The van der Waals surface area contributed by atoms with Crippen LogP contribution in [-0.2, 0) is 9.53 Å². The zero-order chi connectivity index (χ0) is 19.1. The Balaban J connectivity index is 1.96. The van der Waals surface area contributed by atoms with Crippen LogP contribution < -0.4 is 4.74 Å². The maximum absolute atomic E-state index is 12.5. The fraction of sp³-hybridized carbons (Fsp3) is 0.150. The number of carbonyl (C=O) groups is 1. The first-order valence-electron chi connectivity index (χ1n) is 8.43. The maximum atomic E-state index is 12.5. The highest BCUT2D eigenvalue weighted by atomic mass is 16.6. The number of hydrogen-bond acceptors (Lipinski definition) is 4. The molecule has 0 saturated heterocycles. The number of benzene rings is 2. The van der Waals surface area contributed by atoms with E-state index < -0.39 is 12.1 Å². The Morgan fingerprint density at radius 1 is 1.11 bits per heavy atom. The summed E-state index contributed by atoms with van der Waals surface area (Å²) in [7, 11) is 0. The van der Waals surface area contributed by atoms with Crippen molar-refractivity contribution in [1.29, 1.82) is 0 Å². The molecule has 0 aliphatic rings. The molecule has 1 heterocycles. The van der Waals surface area contributed by atoms with Crippen LogP contribution in [0.3, 0.4) is 0 Å². The number of para-hydroxylation sites is 2. The maximum Gasteiger partial charge on any atom is 0.352 e. The molecule has 7 nitrogen and oxygen atoms in total. The zero-order valence-electron chi connectivity index (χ0n) is 14.7. The fourth-order valence-electron chi connectivity index (χ4n) is 2.63. The second kappa shape index (κ2) is 8.60. The Hall–Kier alpha value is -3.70. The van der Waals surface area contributed by atoms with E-state index in [1.54, 1.807) is 37.3 Å². The van der Waals surface area contributed by atoms with Gasteiger partial charge in [0.05, 0.1) is 12.3 Å². The average molecular weight is 362 g/mol. The Labute approximate surface area is 156 Å². The van der Waals surface area contributed by atoms with Gasteiger partial charge >= 0.3 is 5.97 Å². The van der Waals surface area contributed by atoms with Gasteiger partial charge in [0.1, 0.15) is 5.75 Å². The lowest BCUT2D eigenvalue weighted by Crippen LogP contribution is -2.22. The molecule has 3 rings (SSSR count). The Morgan fingerprint density at radius 2 is 1.81 bits per heavy atom. The third-order valence-electron chi connectivity index (χ3n) is 3.85. The quantitative estimate of drug-likeness (QED) is 0.253. The van der Waals surface area contributed by atoms with Crippen molar-refractivity contribution in [2.24, 2.45) is 5.11 Å². The van der Waals surface area contributed by atoms with Crippen LogP contribution >= 0.6 is 0 Å². The van der Waals surface area contributed by atoms with E-state index in [1.807, 2.05) is 47.3 Å². The number of hydrogen-bond donors (Lipinski definition) is 0. The van der Waals surface area contributed by atoms with Crippen molar-refractivity contribution in [2.75, 3.05) is 6.61 Å². The first-order chi connectivity index (χ1) is 13.2. The van der Waals surface area contributed by atoms with Crippen molar-refractivity contribution < 1.29 is 14.3 Å². The van der Waals surface area contributed by atoms with Gasteiger partial charge in [-0.05, 0) is 36.7 Å². The summed E-state index contributed by atoms with van der Waals surface area (Å²) in [6.45, 7) is 1.99. The van der Waals surface area contributed by atoms with Crippen LogP contribution in [0.4, 0.5) is 5.69 Å². The molecule has 0 aliphatic heterocycles. The summed E-state index contributed by atoms with van der Waals surface area (Å²) in [6, 6.07) is 17.9. The van der Waals surface area contributed by atoms with Crippen LogP contribution in [0, 0.1) is 0 Å². The molecule has 0 aliphatic carbocycles. The number of esters is 1. The third kappa shape index (κ3) is 4.29. The van der Waals surface area contributed by atoms with E-state index in [-0.39, 0.29) is 6.61 Å². The SMILES string of the molecule is CCOC(=O)C(Oc1ccccc1-n1cccc1)c1ccc(N=[N+]=[N-])cc1. The van der Waals surface area contributed by atoms with Crippen LogP contribution in [0.1, 0.15) is 18.6 Å². The van der Waals surface area contributed by atoms with E-state index in [0.717, 1.165) is 5.69 Å². The molecule has 0 saturated carbocycles. The van der Waals surface area contributed by atoms with E-state index in [2.05, 4.69) is 10.0 Å². The van der Waals surface area contributed by atoms with Crippen LogP contribution in [0.25, 0.3) is 16.1 Å². The van der Waals surface area contributed by atoms with Gasteiger partial charge < -0.3 is 14.0 Å². The van der Waals surface area contributed by atoms with Crippen LogP contribution in [0.5, 0.6) is 5.75 Å². The number of rotatable bonds is 7. The van der Waals surface area contributed by atoms with Crippen molar-refractivity contribution in [3.05, 3.63) is 89.1 Å². The molecular weight excluding hydrogens is 344 g/mol. The highest BCUT2D eigenvalue weighted by molar-refractivity contribution is 5.77. The largest absolute Gasteiger partial charge is 0.472 e. The fourth-order valence-corrected chi connectivity index (χ4v) is 2.63. The molecule has 2 aromatic carbocycles. The van der Waals surface area contributed by atoms with E-state index in [1.165, 1.54) is 0 Å². The van der Waals surface area contributed by atoms with E-state index >= 15 is 0 Å². The minimum absolute atomic E-state index is 0.245. The van der Waals surface area contributed by atoms with Gasteiger partial charge in [-0.2, -0.15) is 0 Å². The summed E-state index contributed by atoms with van der Waals surface area (Å²) in [4.78, 5) is 15.3. The predicted octanol–water partition coefficient (Wildman–Crippen LogP) is 5.10. The molecule has 0 amide bonds. The van der Waals surface area contributed by atoms with Crippen molar-refractivity contribution in [3.8, 4) is 11.4 Å². The molecule has 0 radical (unpaired) electrons. The Morgan fingerprint density at radius 3 is 2.48 bits per heavy atom. The van der Waals surface area contributed by atoms with Gasteiger partial charge in [-0.1, -0.05) is 41.5 Å². The van der Waals surface area contributed by atoms with Crippen LogP contribution in [0.15, 0.2) is 78.2 Å². The second-order valence-electron chi connectivity index (χ2n) is 5.59. The predicted molar refractivity (Wildman–Crippen MR) is 101 cm³/mol. The van der Waals surface area contributed by atoms with Gasteiger partial charge in [0, 0.05) is 28.6 Å². The van der Waals surface area contributed by atoms with E-state index in [4.69, 9.17) is 15.0 Å². The van der Waals surface area contributed by atoms with Gasteiger partial charge in [0.15, 0.2) is 0 Å². The topological polar surface area (TPSA) is 89.2 Å². The number of nitrogens with zero attached hydrogens (tertiary/aromatic N) is 4. The molecule has 0 N–H and O–H groups in total. The van der Waals surface area contributed by atoms with Crippen molar-refractivity contribution in [3.63, 3.8) is 0 Å². The number of carbonyl (C=O) groups excluding carboxylic acids is 1. The van der Waals surface area contributed by atoms with Gasteiger partial charge in [-0.15, -0.1) is 0 Å². The Bertz CT molecular complexity index is 946. The van der Waals surface area contributed by atoms with Gasteiger partial charge in [-0.3, -0.25) is 0 Å². The lowest BCUT2D eigenvalue weighted by Gasteiger charge is -2.20. The summed E-state index contributed by atoms with van der Waals surface area (Å²) >= 11 is 0. The van der Waals surface area contributed by atoms with Gasteiger partial charge in [-0.25, -0.2) is 4.79 Å². The van der Waals surface area contributed by atoms with Crippen molar-refractivity contribution in [2.45, 2.75) is 13.0 Å². The molecule has 27 heavy (non-hydrogen) atoms. The Kier molecular flexibility index (Phi) is 5.77. The summed E-state index contributed by atoms with van der Waals surface area (Å²) in [6.07, 6.45) is 2.86. The molecule has 1 aromatic heterocycles. The standard InChI is InChI=1S/C20H18N4O3/c1-2-26-20(25)19(15-9-11-16(12-10-15)22-23-21)27-18-8-4-3-7-17(18)24-13-5-6-14-24/h3-14,19H,2H2,1H3. The van der Waals surface area contributed by atoms with E-state index in [9.17, 15) is 4.79 Å². The summed E-state index contributed by atoms with van der Waals surface area (Å²) in [5.41, 5.74) is 10.4. The lowest BCUT2D eigenvalue weighted by molar-refractivity contribution is -0.151. The molecule has 7 heteroatoms. The van der Waals surface area contributed by atoms with Crippen LogP contribution in [0.2, 0.25) is 0 Å². The molecule has 0 bridgehead atoms. The second-order valence-corrected chi connectivity index (χ2v) is 5.59. The molecular formula is C20H18N4O3. The summed E-state index contributed by atoms with van der Waals surface area (Å²) < 4.78 is 13.2. The highest BCUT2D eigenvalue weighted by Gasteiger charge is 2.25. The minimum atomic E-state index is -0.943. The van der Waals surface area contributed by atoms with E-state index in [0.29, 0.717) is 17.0 Å². The third-order valence-corrected chi connectivity index (χ3v) is 3.85.